The number of benzene rings is 5. The number of hydrogen-bond acceptors (Lipinski definition) is 1. The molecule has 0 aliphatic carbocycles. The fraction of sp³-hybridized carbons (Fsp3) is 0.143. The molecule has 0 fully saturated rings. The van der Waals surface area contributed by atoms with E-state index in [1.54, 1.807) is 0 Å². The average Bonchev–Trinajstić information content (AvgIpc) is 3.27. The molecule has 0 aromatic heterocycles. The van der Waals surface area contributed by atoms with Gasteiger partial charge < -0.3 is 0 Å². The second kappa shape index (κ2) is 9.10. The first-order valence-corrected chi connectivity index (χ1v) is 15.3. The van der Waals surface area contributed by atoms with Crippen LogP contribution in [-0.2, 0) is 10.9 Å². The molecule has 1 aliphatic heterocycles. The zero-order valence-corrected chi connectivity index (χ0v) is 22.7. The van der Waals surface area contributed by atoms with Crippen molar-refractivity contribution in [2.24, 2.45) is 0 Å². The Balaban J connectivity index is 1.82. The minimum absolute atomic E-state index is 0.162. The normalized spacial score (nSPS) is 18.5. The zero-order chi connectivity index (χ0) is 25.5. The van der Waals surface area contributed by atoms with Crippen LogP contribution in [-0.4, -0.2) is 0 Å². The molecule has 2 heteroatoms. The van der Waals surface area contributed by atoms with E-state index in [1.807, 2.05) is 0 Å². The summed E-state index contributed by atoms with van der Waals surface area (Å²) in [7, 11) is 0. The predicted octanol–water partition coefficient (Wildman–Crippen LogP) is 7.06. The monoisotopic (exact) mass is 500 g/mol. The Hall–Kier alpha value is -3.51. The van der Waals surface area contributed by atoms with E-state index in [0.717, 1.165) is 6.42 Å². The predicted molar refractivity (Wildman–Crippen MR) is 159 cm³/mol. The minimum atomic E-state index is -3.58. The van der Waals surface area contributed by atoms with E-state index in [4.69, 9.17) is 4.52 Å². The molecule has 1 aliphatic rings. The summed E-state index contributed by atoms with van der Waals surface area (Å²) in [5.41, 5.74) is 6.55. The molecule has 0 saturated carbocycles. The Morgan fingerprint density at radius 1 is 0.622 bits per heavy atom. The van der Waals surface area contributed by atoms with Crippen molar-refractivity contribution in [1.29, 1.82) is 0 Å². The molecule has 0 bridgehead atoms. The van der Waals surface area contributed by atoms with E-state index < -0.39 is 6.83 Å². The van der Waals surface area contributed by atoms with Crippen LogP contribution < -0.4 is 21.2 Å². The van der Waals surface area contributed by atoms with Gasteiger partial charge in [0.25, 0.3) is 0 Å². The van der Waals surface area contributed by atoms with E-state index >= 15 is 0 Å². The summed E-state index contributed by atoms with van der Waals surface area (Å²) in [6, 6.07) is 46.5. The van der Waals surface area contributed by atoms with Crippen molar-refractivity contribution in [2.45, 2.75) is 33.3 Å². The standard InChI is InChI=1S/C35H33OP/c1-4-28-25-26(2)24-27(3)34(28)35-32-22-14-15-23-33(32)37(36-35,29-16-8-5-9-17-29,30-18-10-6-11-19-30)31-20-12-7-13-21-31/h5-25,35H,4H2,1-3H3. The van der Waals surface area contributed by atoms with Crippen molar-refractivity contribution < 1.29 is 4.52 Å². The molecule has 37 heavy (non-hydrogen) atoms. The fourth-order valence-electron chi connectivity index (χ4n) is 6.55. The molecule has 1 atom stereocenters. The third-order valence-electron chi connectivity index (χ3n) is 8.00. The van der Waals surface area contributed by atoms with E-state index in [1.165, 1.54) is 49.0 Å². The first kappa shape index (κ1) is 23.9. The summed E-state index contributed by atoms with van der Waals surface area (Å²) in [4.78, 5) is 0. The molecule has 6 rings (SSSR count). The van der Waals surface area contributed by atoms with Gasteiger partial charge in [0.2, 0.25) is 0 Å². The van der Waals surface area contributed by atoms with Crippen LogP contribution in [0.5, 0.6) is 0 Å². The van der Waals surface area contributed by atoms with E-state index in [0.29, 0.717) is 0 Å². The van der Waals surface area contributed by atoms with Crippen LogP contribution in [0.2, 0.25) is 0 Å². The average molecular weight is 501 g/mol. The van der Waals surface area contributed by atoms with Crippen LogP contribution in [0.3, 0.4) is 0 Å². The van der Waals surface area contributed by atoms with Crippen molar-refractivity contribution in [3.8, 4) is 0 Å². The summed E-state index contributed by atoms with van der Waals surface area (Å²) in [6.07, 6.45) is 0.808. The first-order valence-electron chi connectivity index (χ1n) is 13.2. The Bertz CT molecular complexity index is 1460. The van der Waals surface area contributed by atoms with Gasteiger partial charge in [-0.05, 0) is 0 Å². The maximum absolute atomic E-state index is 7.95. The van der Waals surface area contributed by atoms with Crippen LogP contribution >= 0.6 is 6.83 Å². The first-order chi connectivity index (χ1) is 18.1. The second-order valence-electron chi connectivity index (χ2n) is 10.1. The van der Waals surface area contributed by atoms with Gasteiger partial charge in [0, 0.05) is 0 Å². The molecule has 184 valence electrons. The maximum atomic E-state index is 7.95. The topological polar surface area (TPSA) is 9.23 Å². The van der Waals surface area contributed by atoms with E-state index in [9.17, 15) is 0 Å². The Kier molecular flexibility index (Phi) is 5.87. The van der Waals surface area contributed by atoms with Gasteiger partial charge in [-0.2, -0.15) is 0 Å². The number of rotatable bonds is 5. The SMILES string of the molecule is CCc1cc(C)cc(C)c1C1OP(c2ccccc2)(c2ccccc2)(c2ccccc2)c2ccccc21. The molecule has 0 spiro atoms. The molecule has 0 radical (unpaired) electrons. The van der Waals surface area contributed by atoms with Crippen molar-refractivity contribution in [2.75, 3.05) is 0 Å². The molecule has 1 nitrogen and oxygen atoms in total. The van der Waals surface area contributed by atoms with Crippen molar-refractivity contribution in [3.63, 3.8) is 0 Å². The number of hydrogen-bond donors (Lipinski definition) is 0. The van der Waals surface area contributed by atoms with Gasteiger partial charge in [-0.3, -0.25) is 0 Å². The third kappa shape index (κ3) is 3.31. The molecule has 5 aromatic carbocycles. The second-order valence-corrected chi connectivity index (χ2v) is 14.4. The van der Waals surface area contributed by atoms with Crippen molar-refractivity contribution in [1.82, 2.24) is 0 Å². The van der Waals surface area contributed by atoms with Crippen LogP contribution in [0.4, 0.5) is 0 Å². The Morgan fingerprint density at radius 3 is 1.62 bits per heavy atom. The van der Waals surface area contributed by atoms with E-state index in [2.05, 4.69) is 148 Å². The molecule has 0 N–H and O–H groups in total. The zero-order valence-electron chi connectivity index (χ0n) is 21.8. The Morgan fingerprint density at radius 2 is 1.11 bits per heavy atom. The molecule has 1 heterocycles. The van der Waals surface area contributed by atoms with Crippen molar-refractivity contribution in [3.05, 3.63) is 155 Å². The summed E-state index contributed by atoms with van der Waals surface area (Å²) in [5, 5.41) is 5.03. The quantitative estimate of drug-likeness (QED) is 0.235. The molecule has 0 amide bonds. The van der Waals surface area contributed by atoms with Gasteiger partial charge in [-0.15, -0.1) is 0 Å². The van der Waals surface area contributed by atoms with Crippen LogP contribution in [0.1, 0.15) is 40.8 Å². The fourth-order valence-corrected chi connectivity index (χ4v) is 12.7. The summed E-state index contributed by atoms with van der Waals surface area (Å²) >= 11 is 0. The van der Waals surface area contributed by atoms with Gasteiger partial charge >= 0.3 is 221 Å². The van der Waals surface area contributed by atoms with Crippen molar-refractivity contribution >= 4 is 28.0 Å². The molecule has 0 saturated heterocycles. The van der Waals surface area contributed by atoms with Gasteiger partial charge in [-0.25, -0.2) is 0 Å². The van der Waals surface area contributed by atoms with Crippen LogP contribution in [0.25, 0.3) is 0 Å². The molecule has 1 unspecified atom stereocenters. The van der Waals surface area contributed by atoms with Crippen LogP contribution in [0.15, 0.2) is 127 Å². The van der Waals surface area contributed by atoms with Gasteiger partial charge in [0.15, 0.2) is 0 Å². The number of fused-ring (bicyclic) bond motifs is 1. The third-order valence-corrected chi connectivity index (χ3v) is 13.8. The Labute approximate surface area is 220 Å². The summed E-state index contributed by atoms with van der Waals surface area (Å²) < 4.78 is 7.95. The molecular weight excluding hydrogens is 467 g/mol. The van der Waals surface area contributed by atoms with Gasteiger partial charge in [-0.1, -0.05) is 0 Å². The van der Waals surface area contributed by atoms with Gasteiger partial charge in [0.1, 0.15) is 0 Å². The van der Waals surface area contributed by atoms with E-state index in [-0.39, 0.29) is 6.10 Å². The van der Waals surface area contributed by atoms with Gasteiger partial charge in [0.05, 0.1) is 0 Å². The number of aryl methyl sites for hydroxylation is 3. The molecule has 5 aromatic rings. The molecular formula is C35H33OP. The summed E-state index contributed by atoms with van der Waals surface area (Å²) in [5.74, 6) is 0. The van der Waals surface area contributed by atoms with Crippen LogP contribution in [0, 0.1) is 13.8 Å². The summed E-state index contributed by atoms with van der Waals surface area (Å²) in [6.45, 7) is 3.11.